The summed E-state index contributed by atoms with van der Waals surface area (Å²) in [5.74, 6) is 1.66. The molecule has 2 fully saturated rings. The molecule has 2 saturated carbocycles. The van der Waals surface area contributed by atoms with Crippen molar-refractivity contribution < 1.29 is 13.7 Å². The van der Waals surface area contributed by atoms with Crippen LogP contribution in [0.4, 0.5) is 4.39 Å². The van der Waals surface area contributed by atoms with Crippen LogP contribution >= 0.6 is 0 Å². The van der Waals surface area contributed by atoms with Crippen LogP contribution in [0.2, 0.25) is 0 Å². The van der Waals surface area contributed by atoms with Crippen LogP contribution in [0, 0.1) is 30.5 Å². The highest BCUT2D eigenvalue weighted by Crippen LogP contribution is 2.49. The molecule has 3 aromatic rings. The lowest BCUT2D eigenvalue weighted by molar-refractivity contribution is 0.0917. The normalized spacial score (nSPS) is 24.2. The Morgan fingerprint density at radius 1 is 1.24 bits per heavy atom. The minimum Gasteiger partial charge on any atom is -0.349 e. The summed E-state index contributed by atoms with van der Waals surface area (Å²) in [5.41, 5.74) is 2.71. The Morgan fingerprint density at radius 2 is 2.03 bits per heavy atom. The van der Waals surface area contributed by atoms with Crippen molar-refractivity contribution in [3.63, 3.8) is 0 Å². The van der Waals surface area contributed by atoms with Crippen LogP contribution in [0.5, 0.6) is 0 Å². The number of benzene rings is 1. The molecule has 4 atom stereocenters. The Morgan fingerprint density at radius 3 is 2.72 bits per heavy atom. The zero-order valence-electron chi connectivity index (χ0n) is 16.6. The van der Waals surface area contributed by atoms with Crippen molar-refractivity contribution in [3.05, 3.63) is 47.4 Å². The first-order valence-corrected chi connectivity index (χ1v) is 10.3. The lowest BCUT2D eigenvalue weighted by atomic mass is 9.84. The van der Waals surface area contributed by atoms with E-state index in [1.165, 1.54) is 37.8 Å². The van der Waals surface area contributed by atoms with Gasteiger partial charge >= 0.3 is 0 Å². The standard InChI is InChI=1S/C23H24FN3O2/c1-12-9-19(22(28)26-13(2)18-11-14-3-4-16(18)10-14)20-21(27-29-23(20)25-12)15-5-7-17(24)8-6-15/h5-9,13-14,16,18H,3-4,10-11H2,1-2H3,(H,26,28)/t13-,14-,16-,18+/m1/s1. The molecule has 2 aromatic heterocycles. The number of nitrogens with zero attached hydrogens (tertiary/aromatic N) is 2. The van der Waals surface area contributed by atoms with Crippen LogP contribution < -0.4 is 5.32 Å². The van der Waals surface area contributed by atoms with E-state index in [4.69, 9.17) is 4.52 Å². The van der Waals surface area contributed by atoms with E-state index >= 15 is 0 Å². The molecular formula is C23H24FN3O2. The third-order valence-electron chi connectivity index (χ3n) is 6.73. The molecule has 6 heteroatoms. The third kappa shape index (κ3) is 3.20. The number of carbonyl (C=O) groups excluding carboxylic acids is 1. The topological polar surface area (TPSA) is 68.0 Å². The Labute approximate surface area is 168 Å². The lowest BCUT2D eigenvalue weighted by Gasteiger charge is -2.28. The molecule has 5 rings (SSSR count). The van der Waals surface area contributed by atoms with E-state index in [1.807, 2.05) is 6.92 Å². The predicted molar refractivity (Wildman–Crippen MR) is 108 cm³/mol. The van der Waals surface area contributed by atoms with E-state index in [2.05, 4.69) is 22.4 Å². The van der Waals surface area contributed by atoms with Gasteiger partial charge in [-0.25, -0.2) is 9.37 Å². The van der Waals surface area contributed by atoms with Crippen molar-refractivity contribution in [1.29, 1.82) is 0 Å². The molecule has 0 radical (unpaired) electrons. The number of amides is 1. The number of pyridine rings is 1. The maximum absolute atomic E-state index is 13.3. The van der Waals surface area contributed by atoms with Crippen LogP contribution in [0.1, 0.15) is 48.7 Å². The molecule has 29 heavy (non-hydrogen) atoms. The Balaban J connectivity index is 1.49. The summed E-state index contributed by atoms with van der Waals surface area (Å²) in [6.07, 6.45) is 5.15. The van der Waals surface area contributed by atoms with E-state index in [0.717, 1.165) is 11.8 Å². The van der Waals surface area contributed by atoms with Gasteiger partial charge in [0, 0.05) is 17.3 Å². The van der Waals surface area contributed by atoms with Crippen molar-refractivity contribution >= 4 is 17.0 Å². The quantitative estimate of drug-likeness (QED) is 0.685. The third-order valence-corrected chi connectivity index (χ3v) is 6.73. The molecule has 1 amide bonds. The maximum Gasteiger partial charge on any atom is 0.259 e. The zero-order valence-corrected chi connectivity index (χ0v) is 16.6. The summed E-state index contributed by atoms with van der Waals surface area (Å²) in [6.45, 7) is 3.94. The van der Waals surface area contributed by atoms with Gasteiger partial charge in [-0.2, -0.15) is 0 Å². The van der Waals surface area contributed by atoms with Crippen molar-refractivity contribution in [3.8, 4) is 11.3 Å². The average Bonchev–Trinajstić information content (AvgIpc) is 3.43. The Bertz CT molecular complexity index is 1080. The summed E-state index contributed by atoms with van der Waals surface area (Å²) in [4.78, 5) is 17.6. The minimum atomic E-state index is -0.326. The highest BCUT2D eigenvalue weighted by atomic mass is 19.1. The van der Waals surface area contributed by atoms with Crippen LogP contribution in [0.25, 0.3) is 22.4 Å². The summed E-state index contributed by atoms with van der Waals surface area (Å²) in [6, 6.07) is 7.89. The van der Waals surface area contributed by atoms with Gasteiger partial charge in [-0.1, -0.05) is 11.6 Å². The Hall–Kier alpha value is -2.76. The lowest BCUT2D eigenvalue weighted by Crippen LogP contribution is -2.40. The maximum atomic E-state index is 13.3. The first-order valence-electron chi connectivity index (χ1n) is 10.3. The van der Waals surface area contributed by atoms with E-state index in [1.54, 1.807) is 18.2 Å². The van der Waals surface area contributed by atoms with Gasteiger partial charge in [0.05, 0.1) is 10.9 Å². The number of hydrogen-bond donors (Lipinski definition) is 1. The molecule has 0 saturated heterocycles. The van der Waals surface area contributed by atoms with Gasteiger partial charge in [0.2, 0.25) is 0 Å². The van der Waals surface area contributed by atoms with Crippen molar-refractivity contribution in [1.82, 2.24) is 15.5 Å². The Kier molecular flexibility index (Phi) is 4.37. The molecule has 2 aliphatic carbocycles. The fourth-order valence-corrected chi connectivity index (χ4v) is 5.36. The zero-order chi connectivity index (χ0) is 20.1. The number of halogens is 1. The van der Waals surface area contributed by atoms with Gasteiger partial charge in [0.25, 0.3) is 11.6 Å². The molecule has 0 spiro atoms. The monoisotopic (exact) mass is 393 g/mol. The first-order chi connectivity index (χ1) is 14.0. The molecular weight excluding hydrogens is 369 g/mol. The summed E-state index contributed by atoms with van der Waals surface area (Å²) < 4.78 is 18.8. The van der Waals surface area contributed by atoms with Crippen LogP contribution in [0.3, 0.4) is 0 Å². The van der Waals surface area contributed by atoms with Gasteiger partial charge in [-0.05, 0) is 81.2 Å². The fourth-order valence-electron chi connectivity index (χ4n) is 5.36. The van der Waals surface area contributed by atoms with Crippen molar-refractivity contribution in [2.45, 2.75) is 45.6 Å². The van der Waals surface area contributed by atoms with E-state index in [0.29, 0.717) is 39.5 Å². The summed E-state index contributed by atoms with van der Waals surface area (Å²) in [5, 5.41) is 7.92. The largest absolute Gasteiger partial charge is 0.349 e. The van der Waals surface area contributed by atoms with E-state index in [-0.39, 0.29) is 17.8 Å². The molecule has 1 aromatic carbocycles. The number of hydrogen-bond acceptors (Lipinski definition) is 4. The van der Waals surface area contributed by atoms with Crippen molar-refractivity contribution in [2.24, 2.45) is 17.8 Å². The van der Waals surface area contributed by atoms with Gasteiger partial charge in [0.15, 0.2) is 0 Å². The molecule has 0 unspecified atom stereocenters. The smallest absolute Gasteiger partial charge is 0.259 e. The second kappa shape index (κ2) is 6.94. The molecule has 5 nitrogen and oxygen atoms in total. The van der Waals surface area contributed by atoms with Gasteiger partial charge in [-0.15, -0.1) is 0 Å². The molecule has 2 heterocycles. The van der Waals surface area contributed by atoms with Crippen LogP contribution in [-0.4, -0.2) is 22.1 Å². The van der Waals surface area contributed by atoms with Gasteiger partial charge in [-0.3, -0.25) is 4.79 Å². The van der Waals surface area contributed by atoms with E-state index < -0.39 is 0 Å². The summed E-state index contributed by atoms with van der Waals surface area (Å²) in [7, 11) is 0. The number of nitrogens with one attached hydrogen (secondary N) is 1. The number of carbonyl (C=O) groups is 1. The SMILES string of the molecule is Cc1cc(C(=O)N[C@H](C)[C@@H]2C[C@@H]3CC[C@@H]2C3)c2c(-c3ccc(F)cc3)noc2n1. The minimum absolute atomic E-state index is 0.121. The number of fused-ring (bicyclic) bond motifs is 3. The molecule has 150 valence electrons. The van der Waals surface area contributed by atoms with Crippen LogP contribution in [0.15, 0.2) is 34.9 Å². The second-order valence-electron chi connectivity index (χ2n) is 8.63. The number of aromatic nitrogens is 2. The van der Waals surface area contributed by atoms with Crippen molar-refractivity contribution in [2.75, 3.05) is 0 Å². The van der Waals surface area contributed by atoms with Gasteiger partial charge < -0.3 is 9.84 Å². The molecule has 0 aliphatic heterocycles. The van der Waals surface area contributed by atoms with Crippen LogP contribution in [-0.2, 0) is 0 Å². The number of aryl methyl sites for hydroxylation is 1. The first kappa shape index (κ1) is 18.3. The fraction of sp³-hybridized carbons (Fsp3) is 0.435. The predicted octanol–water partition coefficient (Wildman–Crippen LogP) is 4.89. The highest BCUT2D eigenvalue weighted by molar-refractivity contribution is 6.09. The highest BCUT2D eigenvalue weighted by Gasteiger charge is 2.42. The van der Waals surface area contributed by atoms with E-state index in [9.17, 15) is 9.18 Å². The molecule has 1 N–H and O–H groups in total. The number of rotatable bonds is 4. The second-order valence-corrected chi connectivity index (χ2v) is 8.63. The van der Waals surface area contributed by atoms with Gasteiger partial charge in [0.1, 0.15) is 11.5 Å². The molecule has 2 aliphatic rings. The summed E-state index contributed by atoms with van der Waals surface area (Å²) >= 11 is 0. The molecule has 2 bridgehead atoms. The average molecular weight is 393 g/mol.